The smallest absolute Gasteiger partial charge is 0.343 e. The fourth-order valence-corrected chi connectivity index (χ4v) is 4.74. The average Bonchev–Trinajstić information content (AvgIpc) is 3.34. The summed E-state index contributed by atoms with van der Waals surface area (Å²) in [4.78, 5) is 29.3. The Hall–Kier alpha value is -4.69. The number of aromatic nitrogens is 1. The van der Waals surface area contributed by atoms with Crippen molar-refractivity contribution in [3.8, 4) is 22.6 Å². The predicted octanol–water partition coefficient (Wildman–Crippen LogP) is 7.29. The summed E-state index contributed by atoms with van der Waals surface area (Å²) in [7, 11) is 0. The van der Waals surface area contributed by atoms with Crippen LogP contribution in [0.2, 0.25) is 0 Å². The maximum Gasteiger partial charge on any atom is 0.343 e. The third-order valence-corrected chi connectivity index (χ3v) is 6.66. The lowest BCUT2D eigenvalue weighted by Crippen LogP contribution is -2.19. The van der Waals surface area contributed by atoms with Crippen molar-refractivity contribution in [1.29, 1.82) is 0 Å². The third kappa shape index (κ3) is 5.97. The molecule has 0 aliphatic rings. The minimum Gasteiger partial charge on any atom is -0.494 e. The Balaban J connectivity index is 1.42. The number of benzene rings is 4. The molecule has 1 aromatic heterocycles. The first-order chi connectivity index (χ1) is 19.4. The van der Waals surface area contributed by atoms with Gasteiger partial charge in [-0.2, -0.15) is 5.10 Å². The first-order valence-corrected chi connectivity index (χ1v) is 13.5. The number of nitrogens with zero attached hydrogens (tertiary/aromatic N) is 1. The molecule has 2 N–H and O–H groups in total. The van der Waals surface area contributed by atoms with Gasteiger partial charge in [0, 0.05) is 26.5 Å². The summed E-state index contributed by atoms with van der Waals surface area (Å²) in [5, 5.41) is 5.05. The summed E-state index contributed by atoms with van der Waals surface area (Å²) in [5.41, 5.74) is 7.32. The highest BCUT2D eigenvalue weighted by Gasteiger charge is 2.20. The fraction of sp³-hybridized carbons (Fsp3) is 0.0938. The summed E-state index contributed by atoms with van der Waals surface area (Å²) in [6.07, 6.45) is 1.44. The van der Waals surface area contributed by atoms with E-state index in [-0.39, 0.29) is 0 Å². The van der Waals surface area contributed by atoms with Crippen LogP contribution >= 0.6 is 15.9 Å². The Morgan fingerprint density at radius 3 is 2.58 bits per heavy atom. The molecular formula is C32H26BrN3O4. The van der Waals surface area contributed by atoms with Gasteiger partial charge in [0.15, 0.2) is 0 Å². The molecule has 5 aromatic rings. The summed E-state index contributed by atoms with van der Waals surface area (Å²) < 4.78 is 12.1. The zero-order valence-electron chi connectivity index (χ0n) is 21.9. The molecule has 200 valence electrons. The number of carbonyl (C=O) groups excluding carboxylic acids is 2. The second kappa shape index (κ2) is 12.0. The molecule has 8 heteroatoms. The number of aryl methyl sites for hydroxylation is 1. The van der Waals surface area contributed by atoms with Crippen molar-refractivity contribution in [2.75, 3.05) is 6.61 Å². The van der Waals surface area contributed by atoms with Crippen LogP contribution < -0.4 is 14.9 Å². The number of hydrazone groups is 1. The number of nitrogens with one attached hydrogen (secondary N) is 2. The Labute approximate surface area is 240 Å². The van der Waals surface area contributed by atoms with Crippen molar-refractivity contribution < 1.29 is 19.1 Å². The Kier molecular flexibility index (Phi) is 8.07. The first kappa shape index (κ1) is 26.9. The first-order valence-electron chi connectivity index (χ1n) is 12.7. The van der Waals surface area contributed by atoms with E-state index in [1.54, 1.807) is 36.4 Å². The lowest BCUT2D eigenvalue weighted by atomic mass is 10.0. The minimum atomic E-state index is -0.485. The lowest BCUT2D eigenvalue weighted by molar-refractivity contribution is 0.0734. The second-order valence-corrected chi connectivity index (χ2v) is 9.94. The molecule has 4 aromatic carbocycles. The van der Waals surface area contributed by atoms with E-state index in [1.807, 2.05) is 68.4 Å². The van der Waals surface area contributed by atoms with Gasteiger partial charge in [-0.05, 0) is 67.9 Å². The Morgan fingerprint density at radius 1 is 0.975 bits per heavy atom. The van der Waals surface area contributed by atoms with Crippen LogP contribution in [0.1, 0.15) is 38.9 Å². The van der Waals surface area contributed by atoms with Crippen molar-refractivity contribution in [2.24, 2.45) is 5.10 Å². The van der Waals surface area contributed by atoms with Crippen molar-refractivity contribution in [3.63, 3.8) is 0 Å². The van der Waals surface area contributed by atoms with Crippen molar-refractivity contribution in [1.82, 2.24) is 10.4 Å². The maximum absolute atomic E-state index is 13.4. The summed E-state index contributed by atoms with van der Waals surface area (Å²) in [5.74, 6) is 0.129. The van der Waals surface area contributed by atoms with E-state index < -0.39 is 11.9 Å². The predicted molar refractivity (Wildman–Crippen MR) is 160 cm³/mol. The molecule has 0 aliphatic heterocycles. The van der Waals surface area contributed by atoms with Gasteiger partial charge in [0.05, 0.1) is 18.4 Å². The van der Waals surface area contributed by atoms with Crippen LogP contribution in [-0.2, 0) is 0 Å². The number of hydrogen-bond acceptors (Lipinski definition) is 5. The highest BCUT2D eigenvalue weighted by atomic mass is 79.9. The number of esters is 1. The molecule has 0 saturated carbocycles. The minimum absolute atomic E-state index is 0.312. The van der Waals surface area contributed by atoms with Gasteiger partial charge in [-0.15, -0.1) is 0 Å². The zero-order valence-corrected chi connectivity index (χ0v) is 23.5. The van der Waals surface area contributed by atoms with Gasteiger partial charge in [0.2, 0.25) is 0 Å². The van der Waals surface area contributed by atoms with E-state index >= 15 is 0 Å². The highest BCUT2D eigenvalue weighted by molar-refractivity contribution is 9.10. The largest absolute Gasteiger partial charge is 0.494 e. The molecule has 0 fully saturated rings. The summed E-state index contributed by atoms with van der Waals surface area (Å²) in [6.45, 7) is 4.37. The number of aromatic amines is 1. The van der Waals surface area contributed by atoms with E-state index in [0.29, 0.717) is 29.2 Å². The number of halogens is 1. The molecule has 0 aliphatic carbocycles. The maximum atomic E-state index is 13.4. The van der Waals surface area contributed by atoms with Gasteiger partial charge in [0.25, 0.3) is 5.91 Å². The third-order valence-electron chi connectivity index (χ3n) is 6.17. The van der Waals surface area contributed by atoms with Crippen molar-refractivity contribution in [2.45, 2.75) is 13.8 Å². The number of rotatable bonds is 8. The Morgan fingerprint density at radius 2 is 1.80 bits per heavy atom. The van der Waals surface area contributed by atoms with Crippen LogP contribution in [0.5, 0.6) is 11.5 Å². The van der Waals surface area contributed by atoms with Gasteiger partial charge in [0.1, 0.15) is 17.2 Å². The number of ether oxygens (including phenoxy) is 2. The van der Waals surface area contributed by atoms with E-state index in [4.69, 9.17) is 9.47 Å². The van der Waals surface area contributed by atoms with Gasteiger partial charge in [-0.25, -0.2) is 10.2 Å². The number of amides is 1. The topological polar surface area (TPSA) is 92.8 Å². The van der Waals surface area contributed by atoms with Crippen LogP contribution in [0.15, 0.2) is 101 Å². The fourth-order valence-electron chi connectivity index (χ4n) is 4.36. The Bertz CT molecular complexity index is 1730. The average molecular weight is 596 g/mol. The number of carbonyl (C=O) groups is 2. The van der Waals surface area contributed by atoms with Gasteiger partial charge < -0.3 is 14.5 Å². The molecule has 0 atom stereocenters. The molecule has 0 bridgehead atoms. The summed E-state index contributed by atoms with van der Waals surface area (Å²) in [6, 6.07) is 27.7. The molecule has 1 amide bonds. The molecule has 7 nitrogen and oxygen atoms in total. The molecule has 5 rings (SSSR count). The van der Waals surface area contributed by atoms with Crippen LogP contribution in [0, 0.1) is 6.92 Å². The standard InChI is InChI=1S/C32H26BrN3O4/c1-3-39-25-13-14-27-26(18-25)29(21-9-5-4-6-10-21)30(35-27)31(37)36-34-19-23-17-24(33)12-15-28(23)40-32(38)22-11-7-8-20(2)16-22/h4-19,35H,3H2,1-2H3,(H,36,37). The van der Waals surface area contributed by atoms with Gasteiger partial charge >= 0.3 is 5.97 Å². The van der Waals surface area contributed by atoms with E-state index in [9.17, 15) is 9.59 Å². The quantitative estimate of drug-likeness (QED) is 0.0852. The lowest BCUT2D eigenvalue weighted by Gasteiger charge is -2.09. The van der Waals surface area contributed by atoms with Crippen molar-refractivity contribution in [3.05, 3.63) is 118 Å². The molecule has 0 spiro atoms. The van der Waals surface area contributed by atoms with Crippen molar-refractivity contribution >= 4 is 44.9 Å². The molecule has 0 saturated heterocycles. The normalized spacial score (nSPS) is 11.1. The molecule has 0 radical (unpaired) electrons. The number of fused-ring (bicyclic) bond motifs is 1. The molecule has 1 heterocycles. The van der Waals surface area contributed by atoms with Crippen LogP contribution in [0.25, 0.3) is 22.0 Å². The molecule has 0 unspecified atom stereocenters. The molecule has 40 heavy (non-hydrogen) atoms. The van der Waals surface area contributed by atoms with E-state index in [1.165, 1.54) is 6.21 Å². The van der Waals surface area contributed by atoms with E-state index in [0.717, 1.165) is 37.8 Å². The monoisotopic (exact) mass is 595 g/mol. The van der Waals surface area contributed by atoms with Gasteiger partial charge in [-0.3, -0.25) is 4.79 Å². The van der Waals surface area contributed by atoms with E-state index in [2.05, 4.69) is 31.4 Å². The second-order valence-electron chi connectivity index (χ2n) is 9.02. The van der Waals surface area contributed by atoms with Crippen LogP contribution in [0.3, 0.4) is 0 Å². The summed E-state index contributed by atoms with van der Waals surface area (Å²) >= 11 is 3.44. The van der Waals surface area contributed by atoms with Crippen LogP contribution in [-0.4, -0.2) is 29.7 Å². The number of H-pyrrole nitrogens is 1. The highest BCUT2D eigenvalue weighted by Crippen LogP contribution is 2.34. The molecular weight excluding hydrogens is 570 g/mol. The SMILES string of the molecule is CCOc1ccc2[nH]c(C(=O)NN=Cc3cc(Br)ccc3OC(=O)c3cccc(C)c3)c(-c3ccccc3)c2c1. The number of hydrogen-bond donors (Lipinski definition) is 2. The van der Waals surface area contributed by atoms with Crippen LogP contribution in [0.4, 0.5) is 0 Å². The zero-order chi connectivity index (χ0) is 28.1. The van der Waals surface area contributed by atoms with Gasteiger partial charge in [-0.1, -0.05) is 64.0 Å².